The summed E-state index contributed by atoms with van der Waals surface area (Å²) < 4.78 is 13.5. The number of halogens is 1. The zero-order valence-corrected chi connectivity index (χ0v) is 12.9. The van der Waals surface area contributed by atoms with Gasteiger partial charge in [-0.15, -0.1) is 11.3 Å². The summed E-state index contributed by atoms with van der Waals surface area (Å²) in [4.78, 5) is 24.3. The van der Waals surface area contributed by atoms with Crippen LogP contribution in [0, 0.1) is 12.7 Å². The van der Waals surface area contributed by atoms with Gasteiger partial charge >= 0.3 is 0 Å². The topological polar surface area (TPSA) is 79.8 Å². The minimum Gasteiger partial charge on any atom is -0.321 e. The summed E-state index contributed by atoms with van der Waals surface area (Å²) in [6.07, 6.45) is 3.20. The Hall–Kier alpha value is -2.87. The van der Waals surface area contributed by atoms with E-state index in [-0.39, 0.29) is 11.5 Å². The van der Waals surface area contributed by atoms with E-state index in [1.165, 1.54) is 17.4 Å². The zero-order valence-electron chi connectivity index (χ0n) is 12.1. The van der Waals surface area contributed by atoms with E-state index in [9.17, 15) is 9.18 Å². The number of aromatic nitrogens is 3. The largest absolute Gasteiger partial charge is 0.321 e. The lowest BCUT2D eigenvalue weighted by Gasteiger charge is -2.04. The molecule has 23 heavy (non-hydrogen) atoms. The van der Waals surface area contributed by atoms with Gasteiger partial charge in [-0.05, 0) is 30.7 Å². The Morgan fingerprint density at radius 1 is 1.26 bits per heavy atom. The van der Waals surface area contributed by atoms with E-state index in [2.05, 4.69) is 25.6 Å². The van der Waals surface area contributed by atoms with E-state index in [4.69, 9.17) is 0 Å². The molecular formula is C15H12FN5OS. The van der Waals surface area contributed by atoms with Crippen molar-refractivity contribution < 1.29 is 9.18 Å². The molecule has 0 aliphatic rings. The lowest BCUT2D eigenvalue weighted by molar-refractivity contribution is 0.102. The average molecular weight is 329 g/mol. The van der Waals surface area contributed by atoms with Crippen LogP contribution < -0.4 is 10.6 Å². The second-order valence-electron chi connectivity index (χ2n) is 4.65. The maximum Gasteiger partial charge on any atom is 0.275 e. The van der Waals surface area contributed by atoms with Gasteiger partial charge in [0.05, 0.1) is 0 Å². The Balaban J connectivity index is 1.69. The molecule has 0 atom stereocenters. The first-order valence-corrected chi connectivity index (χ1v) is 7.57. The Kier molecular flexibility index (Phi) is 4.24. The van der Waals surface area contributed by atoms with Gasteiger partial charge in [0, 0.05) is 23.5 Å². The van der Waals surface area contributed by atoms with Crippen LogP contribution in [0.5, 0.6) is 0 Å². The minimum atomic E-state index is -0.411. The zero-order chi connectivity index (χ0) is 16.2. The normalized spacial score (nSPS) is 10.3. The quantitative estimate of drug-likeness (QED) is 0.767. The van der Waals surface area contributed by atoms with Gasteiger partial charge in [-0.2, -0.15) is 0 Å². The fourth-order valence-electron chi connectivity index (χ4n) is 1.76. The minimum absolute atomic E-state index is 0.231. The van der Waals surface area contributed by atoms with Gasteiger partial charge in [0.1, 0.15) is 11.5 Å². The van der Waals surface area contributed by atoms with Crippen LogP contribution in [0.4, 0.5) is 21.2 Å². The number of hydrogen-bond acceptors (Lipinski definition) is 6. The number of carbonyl (C=O) groups excluding carboxylic acids is 1. The van der Waals surface area contributed by atoms with Gasteiger partial charge in [0.25, 0.3) is 5.91 Å². The van der Waals surface area contributed by atoms with Gasteiger partial charge in [0.2, 0.25) is 5.95 Å². The second-order valence-corrected chi connectivity index (χ2v) is 5.51. The number of hydrogen-bond donors (Lipinski definition) is 2. The standard InChI is InChI=1S/C15H12FN5OS/c1-9-3-4-10(7-11(9)16)19-13(22)12-8-23-15(20-12)21-14-17-5-2-6-18-14/h2-8H,1H3,(H,19,22)(H,17,18,20,21). The summed E-state index contributed by atoms with van der Waals surface area (Å²) in [5.74, 6) is -0.384. The van der Waals surface area contributed by atoms with Gasteiger partial charge in [0.15, 0.2) is 5.13 Å². The molecule has 0 aliphatic heterocycles. The lowest BCUT2D eigenvalue weighted by Crippen LogP contribution is -2.12. The molecule has 0 spiro atoms. The third-order valence-electron chi connectivity index (χ3n) is 2.95. The molecule has 6 nitrogen and oxygen atoms in total. The summed E-state index contributed by atoms with van der Waals surface area (Å²) in [5.41, 5.74) is 1.13. The van der Waals surface area contributed by atoms with Crippen LogP contribution in [0.3, 0.4) is 0 Å². The van der Waals surface area contributed by atoms with E-state index < -0.39 is 5.91 Å². The summed E-state index contributed by atoms with van der Waals surface area (Å²) in [5, 5.41) is 7.61. The van der Waals surface area contributed by atoms with E-state index in [0.717, 1.165) is 0 Å². The first-order chi connectivity index (χ1) is 11.1. The Morgan fingerprint density at radius 2 is 2.04 bits per heavy atom. The van der Waals surface area contributed by atoms with E-state index in [1.807, 2.05) is 0 Å². The van der Waals surface area contributed by atoms with Crippen molar-refractivity contribution in [1.29, 1.82) is 0 Å². The van der Waals surface area contributed by atoms with Gasteiger partial charge in [-0.25, -0.2) is 19.3 Å². The molecule has 0 radical (unpaired) electrons. The molecule has 0 saturated heterocycles. The lowest BCUT2D eigenvalue weighted by atomic mass is 10.2. The third kappa shape index (κ3) is 3.67. The molecule has 116 valence electrons. The highest BCUT2D eigenvalue weighted by molar-refractivity contribution is 7.14. The summed E-state index contributed by atoms with van der Waals surface area (Å²) >= 11 is 1.25. The number of nitrogens with zero attached hydrogens (tertiary/aromatic N) is 3. The van der Waals surface area contributed by atoms with Crippen molar-refractivity contribution in [2.75, 3.05) is 10.6 Å². The maximum absolute atomic E-state index is 13.5. The van der Waals surface area contributed by atoms with Crippen molar-refractivity contribution in [3.8, 4) is 0 Å². The Bertz CT molecular complexity index is 837. The fourth-order valence-corrected chi connectivity index (χ4v) is 2.44. The van der Waals surface area contributed by atoms with Crippen LogP contribution in [-0.2, 0) is 0 Å². The number of benzene rings is 1. The summed E-state index contributed by atoms with van der Waals surface area (Å²) in [7, 11) is 0. The Morgan fingerprint density at radius 3 is 2.78 bits per heavy atom. The maximum atomic E-state index is 13.5. The highest BCUT2D eigenvalue weighted by atomic mass is 32.1. The SMILES string of the molecule is Cc1ccc(NC(=O)c2csc(Nc3ncccn3)n2)cc1F. The van der Waals surface area contributed by atoms with E-state index in [1.54, 1.807) is 42.9 Å². The van der Waals surface area contributed by atoms with Crippen molar-refractivity contribution >= 4 is 34.0 Å². The van der Waals surface area contributed by atoms with Crippen LogP contribution in [0.1, 0.15) is 16.1 Å². The fraction of sp³-hybridized carbons (Fsp3) is 0.0667. The molecule has 2 N–H and O–H groups in total. The van der Waals surface area contributed by atoms with Crippen LogP contribution in [0.2, 0.25) is 0 Å². The molecule has 0 unspecified atom stereocenters. The number of thiazole rings is 1. The number of carbonyl (C=O) groups is 1. The number of nitrogens with one attached hydrogen (secondary N) is 2. The van der Waals surface area contributed by atoms with Crippen molar-refractivity contribution in [3.05, 3.63) is 59.1 Å². The molecule has 2 aromatic heterocycles. The van der Waals surface area contributed by atoms with Crippen molar-refractivity contribution in [1.82, 2.24) is 15.0 Å². The molecule has 1 amide bonds. The molecule has 0 saturated carbocycles. The molecule has 0 bridgehead atoms. The van der Waals surface area contributed by atoms with Crippen molar-refractivity contribution in [2.24, 2.45) is 0 Å². The average Bonchev–Trinajstić information content (AvgIpc) is 3.00. The van der Waals surface area contributed by atoms with Crippen LogP contribution in [0.15, 0.2) is 42.0 Å². The van der Waals surface area contributed by atoms with E-state index >= 15 is 0 Å². The molecule has 1 aromatic carbocycles. The van der Waals surface area contributed by atoms with Crippen LogP contribution >= 0.6 is 11.3 Å². The van der Waals surface area contributed by atoms with Crippen molar-refractivity contribution in [2.45, 2.75) is 6.92 Å². The number of anilines is 3. The summed E-state index contributed by atoms with van der Waals surface area (Å²) in [6, 6.07) is 6.22. The Labute approximate surface area is 135 Å². The van der Waals surface area contributed by atoms with Gasteiger partial charge < -0.3 is 10.6 Å². The molecular weight excluding hydrogens is 317 g/mol. The number of amides is 1. The molecule has 0 fully saturated rings. The first kappa shape index (κ1) is 15.0. The molecule has 3 rings (SSSR count). The molecule has 0 aliphatic carbocycles. The van der Waals surface area contributed by atoms with Crippen molar-refractivity contribution in [3.63, 3.8) is 0 Å². The number of rotatable bonds is 4. The third-order valence-corrected chi connectivity index (χ3v) is 3.71. The second kappa shape index (κ2) is 6.49. The molecule has 2 heterocycles. The van der Waals surface area contributed by atoms with Gasteiger partial charge in [-0.1, -0.05) is 6.07 Å². The highest BCUT2D eigenvalue weighted by Gasteiger charge is 2.12. The van der Waals surface area contributed by atoms with Crippen LogP contribution in [0.25, 0.3) is 0 Å². The monoisotopic (exact) mass is 329 g/mol. The smallest absolute Gasteiger partial charge is 0.275 e. The molecule has 3 aromatic rings. The number of aryl methyl sites for hydroxylation is 1. The van der Waals surface area contributed by atoms with E-state index in [0.29, 0.717) is 22.3 Å². The first-order valence-electron chi connectivity index (χ1n) is 6.69. The van der Waals surface area contributed by atoms with Crippen LogP contribution in [-0.4, -0.2) is 20.9 Å². The highest BCUT2D eigenvalue weighted by Crippen LogP contribution is 2.20. The molecule has 8 heteroatoms. The van der Waals surface area contributed by atoms with Gasteiger partial charge in [-0.3, -0.25) is 4.79 Å². The predicted octanol–water partition coefficient (Wildman–Crippen LogP) is 3.38. The summed E-state index contributed by atoms with van der Waals surface area (Å²) in [6.45, 7) is 1.66. The predicted molar refractivity (Wildman–Crippen MR) is 86.5 cm³/mol.